The second kappa shape index (κ2) is 27.4. The van der Waals surface area contributed by atoms with Gasteiger partial charge in [0.05, 0.1) is 32.0 Å². The minimum absolute atomic E-state index is 0.164. The standard InChI is InChI=1S/C35H58N10O13/c1-19(49)29(41-15-21(14-27(38)50)42-30(52)22(36)16-46)34(56)45-26(18-48)33(55)43-24(35(57)58)9-10-28(51)39-11-5-6-12-40-32(54)25(44-31(53)23(37)17-47)13-20-7-3-2-4-8-20/h2-4,7-8,19,21-26,29,41,46-49H,5-6,9-18,36-37H2,1H3,(H2,38,50)(H,39,51)(H,40,54)(H,42,52)(H,43,55)(H,44,53)(H,45,56)(H,57,58)/t19?,21?,22-,23?,24?,25?,26-,29?/m0/s1. The number of benzene rings is 1. The van der Waals surface area contributed by atoms with Crippen molar-refractivity contribution in [3.05, 3.63) is 35.9 Å². The number of carboxylic acids is 1. The highest BCUT2D eigenvalue weighted by Crippen LogP contribution is 2.05. The Hall–Kier alpha value is -5.30. The average Bonchev–Trinajstić information content (AvgIpc) is 3.18. The molecule has 1 aromatic carbocycles. The second-order valence-corrected chi connectivity index (χ2v) is 13.4. The molecular weight excluding hydrogens is 768 g/mol. The first kappa shape index (κ1) is 50.7. The zero-order valence-corrected chi connectivity index (χ0v) is 32.2. The fourth-order valence-corrected chi connectivity index (χ4v) is 5.14. The summed E-state index contributed by atoms with van der Waals surface area (Å²) >= 11 is 0. The van der Waals surface area contributed by atoms with Crippen molar-refractivity contribution in [2.24, 2.45) is 17.2 Å². The smallest absolute Gasteiger partial charge is 0.326 e. The molecule has 0 heterocycles. The van der Waals surface area contributed by atoms with E-state index in [0.717, 1.165) is 5.56 Å². The molecule has 8 atom stereocenters. The van der Waals surface area contributed by atoms with Crippen molar-refractivity contribution in [2.75, 3.05) is 39.5 Å². The Morgan fingerprint density at radius 3 is 1.78 bits per heavy atom. The van der Waals surface area contributed by atoms with Crippen molar-refractivity contribution < 1.29 is 63.9 Å². The van der Waals surface area contributed by atoms with Crippen LogP contribution in [-0.4, -0.2) is 161 Å². The molecule has 0 saturated carbocycles. The molecule has 18 N–H and O–H groups in total. The molecule has 6 unspecified atom stereocenters. The van der Waals surface area contributed by atoms with E-state index < -0.39 is 122 Å². The quantitative estimate of drug-likeness (QED) is 0.0334. The Kier molecular flexibility index (Phi) is 23.9. The molecule has 7 amide bonds. The monoisotopic (exact) mass is 826 g/mol. The van der Waals surface area contributed by atoms with Gasteiger partial charge >= 0.3 is 5.97 Å². The van der Waals surface area contributed by atoms with E-state index in [4.69, 9.17) is 22.3 Å². The molecule has 0 fully saturated rings. The Bertz CT molecular complexity index is 1500. The average molecular weight is 827 g/mol. The number of carbonyl (C=O) groups excluding carboxylic acids is 7. The number of amides is 7. The molecule has 0 saturated heterocycles. The van der Waals surface area contributed by atoms with Crippen LogP contribution in [0.15, 0.2) is 30.3 Å². The van der Waals surface area contributed by atoms with Crippen molar-refractivity contribution in [2.45, 2.75) is 93.8 Å². The molecule has 0 radical (unpaired) electrons. The van der Waals surface area contributed by atoms with Gasteiger partial charge in [-0.1, -0.05) is 30.3 Å². The van der Waals surface area contributed by atoms with Gasteiger partial charge in [0.25, 0.3) is 0 Å². The van der Waals surface area contributed by atoms with Gasteiger partial charge in [-0.3, -0.25) is 33.6 Å². The molecule has 0 spiro atoms. The topological polar surface area (TPSA) is 400 Å². The highest BCUT2D eigenvalue weighted by atomic mass is 16.4. The van der Waals surface area contributed by atoms with E-state index in [9.17, 15) is 58.8 Å². The van der Waals surface area contributed by atoms with Crippen LogP contribution in [0.25, 0.3) is 0 Å². The highest BCUT2D eigenvalue weighted by Gasteiger charge is 2.31. The maximum absolute atomic E-state index is 13.0. The lowest BCUT2D eigenvalue weighted by atomic mass is 10.0. The number of aliphatic hydroxyl groups is 4. The van der Waals surface area contributed by atoms with E-state index in [-0.39, 0.29) is 38.9 Å². The van der Waals surface area contributed by atoms with Crippen LogP contribution in [0.2, 0.25) is 0 Å². The predicted molar refractivity (Wildman–Crippen MR) is 204 cm³/mol. The Balaban J connectivity index is 2.63. The summed E-state index contributed by atoms with van der Waals surface area (Å²) in [5, 5.41) is 65.1. The van der Waals surface area contributed by atoms with Crippen LogP contribution >= 0.6 is 0 Å². The first-order valence-corrected chi connectivity index (χ1v) is 18.5. The summed E-state index contributed by atoms with van der Waals surface area (Å²) in [7, 11) is 0. The molecule has 326 valence electrons. The third-order valence-electron chi connectivity index (χ3n) is 8.44. The molecular formula is C35H58N10O13. The maximum atomic E-state index is 13.0. The molecule has 0 aliphatic carbocycles. The van der Waals surface area contributed by atoms with Gasteiger partial charge in [-0.05, 0) is 31.7 Å². The molecule has 58 heavy (non-hydrogen) atoms. The van der Waals surface area contributed by atoms with Gasteiger partial charge in [0.15, 0.2) is 0 Å². The first-order valence-electron chi connectivity index (χ1n) is 18.5. The van der Waals surface area contributed by atoms with E-state index >= 15 is 0 Å². The SMILES string of the molecule is CC(O)C(NCC(CC(N)=O)NC(=O)[C@@H](N)CO)C(=O)N[C@@H](CO)C(=O)NC(CCC(=O)NCCCCNC(=O)C(Cc1ccccc1)NC(=O)C(N)CO)C(=O)O. The molecule has 0 aliphatic rings. The zero-order chi connectivity index (χ0) is 43.8. The van der Waals surface area contributed by atoms with Crippen LogP contribution < -0.4 is 54.4 Å². The van der Waals surface area contributed by atoms with E-state index in [1.165, 1.54) is 6.92 Å². The van der Waals surface area contributed by atoms with Gasteiger partial charge in [0, 0.05) is 38.9 Å². The number of rotatable bonds is 29. The van der Waals surface area contributed by atoms with Crippen LogP contribution in [0.4, 0.5) is 0 Å². The fourth-order valence-electron chi connectivity index (χ4n) is 5.14. The maximum Gasteiger partial charge on any atom is 0.326 e. The minimum atomic E-state index is -1.70. The third kappa shape index (κ3) is 19.7. The van der Waals surface area contributed by atoms with Crippen LogP contribution in [0, 0.1) is 0 Å². The number of nitrogens with one attached hydrogen (secondary N) is 7. The summed E-state index contributed by atoms with van der Waals surface area (Å²) in [5.74, 6) is -7.01. The summed E-state index contributed by atoms with van der Waals surface area (Å²) in [6.45, 7) is -1.03. The molecule has 1 rings (SSSR count). The first-order chi connectivity index (χ1) is 27.4. The van der Waals surface area contributed by atoms with E-state index in [1.54, 1.807) is 30.3 Å². The summed E-state index contributed by atoms with van der Waals surface area (Å²) < 4.78 is 0. The van der Waals surface area contributed by atoms with Gasteiger partial charge in [-0.2, -0.15) is 0 Å². The number of aliphatic carboxylic acids is 1. The number of hydrogen-bond donors (Lipinski definition) is 15. The normalized spacial score (nSPS) is 15.2. The number of hydrogen-bond acceptors (Lipinski definition) is 15. The fraction of sp³-hybridized carbons (Fsp3) is 0.600. The Morgan fingerprint density at radius 1 is 0.690 bits per heavy atom. The second-order valence-electron chi connectivity index (χ2n) is 13.4. The summed E-state index contributed by atoms with van der Waals surface area (Å²) in [6.07, 6.45) is -1.53. The van der Waals surface area contributed by atoms with Crippen molar-refractivity contribution in [3.8, 4) is 0 Å². The Labute approximate surface area is 334 Å². The summed E-state index contributed by atoms with van der Waals surface area (Å²) in [5.41, 5.74) is 17.0. The Morgan fingerprint density at radius 2 is 1.24 bits per heavy atom. The number of carboxylic acid groups (broad SMARTS) is 1. The number of aliphatic hydroxyl groups excluding tert-OH is 4. The van der Waals surface area contributed by atoms with Crippen molar-refractivity contribution in [1.29, 1.82) is 0 Å². The van der Waals surface area contributed by atoms with Gasteiger partial charge in [0.2, 0.25) is 41.4 Å². The van der Waals surface area contributed by atoms with Gasteiger partial charge in [0.1, 0.15) is 36.3 Å². The predicted octanol–water partition coefficient (Wildman–Crippen LogP) is -7.11. The number of nitrogens with two attached hydrogens (primary N) is 3. The van der Waals surface area contributed by atoms with Crippen molar-refractivity contribution in [3.63, 3.8) is 0 Å². The molecule has 23 heteroatoms. The van der Waals surface area contributed by atoms with Crippen LogP contribution in [0.1, 0.15) is 44.6 Å². The van der Waals surface area contributed by atoms with Crippen LogP contribution in [0.3, 0.4) is 0 Å². The lowest BCUT2D eigenvalue weighted by Gasteiger charge is -2.27. The number of unbranched alkanes of at least 4 members (excludes halogenated alkanes) is 1. The van der Waals surface area contributed by atoms with E-state index in [0.29, 0.717) is 12.8 Å². The largest absolute Gasteiger partial charge is 0.480 e. The molecule has 23 nitrogen and oxygen atoms in total. The molecule has 0 bridgehead atoms. The highest BCUT2D eigenvalue weighted by molar-refractivity contribution is 5.92. The lowest BCUT2D eigenvalue weighted by molar-refractivity contribution is -0.143. The van der Waals surface area contributed by atoms with Crippen molar-refractivity contribution >= 4 is 47.3 Å². The van der Waals surface area contributed by atoms with Crippen molar-refractivity contribution in [1.82, 2.24) is 37.2 Å². The third-order valence-corrected chi connectivity index (χ3v) is 8.44. The molecule has 1 aromatic rings. The summed E-state index contributed by atoms with van der Waals surface area (Å²) in [6, 6.07) is -0.348. The number of primary amides is 1. The van der Waals surface area contributed by atoms with Crippen LogP contribution in [-0.2, 0) is 44.8 Å². The lowest BCUT2D eigenvalue weighted by Crippen LogP contribution is -2.60. The zero-order valence-electron chi connectivity index (χ0n) is 32.2. The summed E-state index contributed by atoms with van der Waals surface area (Å²) in [4.78, 5) is 98.9. The molecule has 0 aliphatic heterocycles. The van der Waals surface area contributed by atoms with Gasteiger partial charge < -0.3 is 80.0 Å². The number of carbonyl (C=O) groups is 8. The minimum Gasteiger partial charge on any atom is -0.480 e. The van der Waals surface area contributed by atoms with Gasteiger partial charge in [-0.15, -0.1) is 0 Å². The van der Waals surface area contributed by atoms with Crippen LogP contribution in [0.5, 0.6) is 0 Å². The van der Waals surface area contributed by atoms with Gasteiger partial charge in [-0.25, -0.2) is 4.79 Å². The van der Waals surface area contributed by atoms with E-state index in [1.807, 2.05) is 0 Å². The van der Waals surface area contributed by atoms with E-state index in [2.05, 4.69) is 37.2 Å². The molecule has 0 aromatic heterocycles.